The molecule has 1 aromatic carbocycles. The molecule has 21 heavy (non-hydrogen) atoms. The molecule has 1 saturated heterocycles. The molecule has 0 aliphatic carbocycles. The van der Waals surface area contributed by atoms with Gasteiger partial charge in [-0.05, 0) is 45.9 Å². The minimum atomic E-state index is -2.61. The number of rotatable bonds is 4. The van der Waals surface area contributed by atoms with E-state index in [9.17, 15) is 13.2 Å². The van der Waals surface area contributed by atoms with Crippen LogP contribution in [-0.4, -0.2) is 31.4 Å². The van der Waals surface area contributed by atoms with Crippen molar-refractivity contribution in [3.63, 3.8) is 0 Å². The van der Waals surface area contributed by atoms with Gasteiger partial charge in [-0.15, -0.1) is 0 Å². The van der Waals surface area contributed by atoms with Crippen molar-refractivity contribution < 1.29 is 27.2 Å². The van der Waals surface area contributed by atoms with E-state index in [4.69, 9.17) is 14.0 Å². The first-order chi connectivity index (χ1) is 9.62. The van der Waals surface area contributed by atoms with Crippen LogP contribution in [0.1, 0.15) is 27.7 Å². The van der Waals surface area contributed by atoms with Crippen molar-refractivity contribution in [2.75, 3.05) is 6.61 Å². The summed E-state index contributed by atoms with van der Waals surface area (Å²) in [6.45, 7) is 6.65. The average Bonchev–Trinajstić information content (AvgIpc) is 2.56. The van der Waals surface area contributed by atoms with Crippen molar-refractivity contribution in [1.82, 2.24) is 0 Å². The third kappa shape index (κ3) is 3.35. The number of alkyl halides is 2. The van der Waals surface area contributed by atoms with Crippen molar-refractivity contribution in [2.45, 2.75) is 45.3 Å². The maximum atomic E-state index is 13.5. The molecule has 0 N–H and O–H groups in total. The third-order valence-electron chi connectivity index (χ3n) is 3.84. The summed E-state index contributed by atoms with van der Waals surface area (Å²) in [6, 6.07) is 3.64. The van der Waals surface area contributed by atoms with Crippen LogP contribution in [0.5, 0.6) is 5.75 Å². The van der Waals surface area contributed by atoms with Crippen molar-refractivity contribution in [3.8, 4) is 5.75 Å². The topological polar surface area (TPSA) is 27.7 Å². The van der Waals surface area contributed by atoms with Gasteiger partial charge in [0.1, 0.15) is 18.2 Å². The number of benzene rings is 1. The van der Waals surface area contributed by atoms with E-state index in [-0.39, 0.29) is 11.2 Å². The number of halogens is 3. The lowest BCUT2D eigenvalue weighted by atomic mass is 9.78. The van der Waals surface area contributed by atoms with Gasteiger partial charge in [0, 0.05) is 5.46 Å². The van der Waals surface area contributed by atoms with E-state index >= 15 is 0 Å². The van der Waals surface area contributed by atoms with Crippen LogP contribution < -0.4 is 10.2 Å². The highest BCUT2D eigenvalue weighted by molar-refractivity contribution is 6.63. The van der Waals surface area contributed by atoms with Gasteiger partial charge in [0.25, 0.3) is 6.43 Å². The molecule has 1 heterocycles. The number of hydrogen-bond donors (Lipinski definition) is 0. The second-order valence-electron chi connectivity index (χ2n) is 5.97. The molecule has 0 aromatic heterocycles. The van der Waals surface area contributed by atoms with E-state index in [1.807, 2.05) is 27.7 Å². The summed E-state index contributed by atoms with van der Waals surface area (Å²) < 4.78 is 54.7. The van der Waals surface area contributed by atoms with Crippen molar-refractivity contribution in [2.24, 2.45) is 0 Å². The molecule has 3 nitrogen and oxygen atoms in total. The van der Waals surface area contributed by atoms with Gasteiger partial charge in [-0.1, -0.05) is 0 Å². The highest BCUT2D eigenvalue weighted by atomic mass is 19.3. The molecule has 0 unspecified atom stereocenters. The van der Waals surface area contributed by atoms with Crippen molar-refractivity contribution in [3.05, 3.63) is 24.0 Å². The van der Waals surface area contributed by atoms with Crippen LogP contribution in [0.4, 0.5) is 13.2 Å². The van der Waals surface area contributed by atoms with Gasteiger partial charge in [-0.2, -0.15) is 0 Å². The minimum absolute atomic E-state index is 0.134. The van der Waals surface area contributed by atoms with E-state index in [1.54, 1.807) is 0 Å². The van der Waals surface area contributed by atoms with Gasteiger partial charge in [0.05, 0.1) is 11.2 Å². The summed E-state index contributed by atoms with van der Waals surface area (Å²) in [4.78, 5) is 0. The summed E-state index contributed by atoms with van der Waals surface area (Å²) in [5.41, 5.74) is -0.942. The molecule has 0 radical (unpaired) electrons. The first-order valence-corrected chi connectivity index (χ1v) is 6.68. The van der Waals surface area contributed by atoms with Crippen LogP contribution in [0.25, 0.3) is 0 Å². The zero-order valence-corrected chi connectivity index (χ0v) is 12.5. The molecule has 7 heteroatoms. The Morgan fingerprint density at radius 3 is 2.24 bits per heavy atom. The Morgan fingerprint density at radius 2 is 1.71 bits per heavy atom. The molecule has 0 atom stereocenters. The second kappa shape index (κ2) is 5.53. The Balaban J connectivity index is 2.29. The molecule has 1 aliphatic heterocycles. The van der Waals surface area contributed by atoms with Gasteiger partial charge in [0.15, 0.2) is 0 Å². The van der Waals surface area contributed by atoms with E-state index in [2.05, 4.69) is 0 Å². The molecule has 0 spiro atoms. The van der Waals surface area contributed by atoms with Gasteiger partial charge in [-0.25, -0.2) is 13.2 Å². The monoisotopic (exact) mass is 302 g/mol. The molecular weight excluding hydrogens is 284 g/mol. The molecular formula is C14H18BF3O3. The van der Waals surface area contributed by atoms with Crippen LogP contribution in [0.2, 0.25) is 0 Å². The van der Waals surface area contributed by atoms with Crippen molar-refractivity contribution >= 4 is 12.6 Å². The van der Waals surface area contributed by atoms with Crippen molar-refractivity contribution in [1.29, 1.82) is 0 Å². The fourth-order valence-corrected chi connectivity index (χ4v) is 1.96. The molecule has 1 aliphatic rings. The standard InChI is InChI=1S/C14H18BF3O3/c1-13(2)14(3,4)21-15(20-13)10-7-9(16)5-6-11(10)19-8-12(17)18/h5-7,12H,8H2,1-4H3. The molecule has 2 rings (SSSR count). The Bertz CT molecular complexity index is 504. The van der Waals surface area contributed by atoms with E-state index < -0.39 is 37.2 Å². The molecule has 0 saturated carbocycles. The third-order valence-corrected chi connectivity index (χ3v) is 3.84. The van der Waals surface area contributed by atoms with Gasteiger partial charge in [-0.3, -0.25) is 0 Å². The van der Waals surface area contributed by atoms with Crippen LogP contribution >= 0.6 is 0 Å². The first kappa shape index (κ1) is 16.2. The van der Waals surface area contributed by atoms with Gasteiger partial charge >= 0.3 is 7.12 Å². The minimum Gasteiger partial charge on any atom is -0.488 e. The number of hydrogen-bond acceptors (Lipinski definition) is 3. The lowest BCUT2D eigenvalue weighted by Gasteiger charge is -2.32. The normalized spacial score (nSPS) is 20.1. The molecule has 1 fully saturated rings. The number of ether oxygens (including phenoxy) is 1. The summed E-state index contributed by atoms with van der Waals surface area (Å²) in [6.07, 6.45) is -2.61. The predicted octanol–water partition coefficient (Wildman–Crippen LogP) is 2.77. The van der Waals surface area contributed by atoms with E-state index in [0.717, 1.165) is 6.07 Å². The zero-order chi connectivity index (χ0) is 15.8. The van der Waals surface area contributed by atoms with Crippen LogP contribution in [0, 0.1) is 5.82 Å². The highest BCUT2D eigenvalue weighted by Gasteiger charge is 2.52. The summed E-state index contributed by atoms with van der Waals surface area (Å²) in [5.74, 6) is -0.376. The molecule has 116 valence electrons. The quantitative estimate of drug-likeness (QED) is 0.801. The lowest BCUT2D eigenvalue weighted by molar-refractivity contribution is 0.00578. The van der Waals surface area contributed by atoms with Crippen LogP contribution in [0.3, 0.4) is 0 Å². The highest BCUT2D eigenvalue weighted by Crippen LogP contribution is 2.37. The Labute approximate surface area is 122 Å². The van der Waals surface area contributed by atoms with Gasteiger partial charge < -0.3 is 14.0 Å². The molecule has 1 aromatic rings. The summed E-state index contributed by atoms with van der Waals surface area (Å²) in [7, 11) is -0.863. The largest absolute Gasteiger partial charge is 0.498 e. The Hall–Kier alpha value is -1.21. The summed E-state index contributed by atoms with van der Waals surface area (Å²) in [5, 5.41) is 0. The molecule has 0 bridgehead atoms. The fourth-order valence-electron chi connectivity index (χ4n) is 1.96. The van der Waals surface area contributed by atoms with Crippen LogP contribution in [-0.2, 0) is 9.31 Å². The smallest absolute Gasteiger partial charge is 0.488 e. The first-order valence-electron chi connectivity index (χ1n) is 6.68. The Kier molecular flexibility index (Phi) is 4.26. The van der Waals surface area contributed by atoms with E-state index in [0.29, 0.717) is 0 Å². The zero-order valence-electron chi connectivity index (χ0n) is 12.5. The average molecular weight is 302 g/mol. The summed E-state index contributed by atoms with van der Waals surface area (Å²) >= 11 is 0. The fraction of sp³-hybridized carbons (Fsp3) is 0.571. The van der Waals surface area contributed by atoms with Gasteiger partial charge in [0.2, 0.25) is 0 Å². The van der Waals surface area contributed by atoms with E-state index in [1.165, 1.54) is 12.1 Å². The lowest BCUT2D eigenvalue weighted by Crippen LogP contribution is -2.41. The maximum Gasteiger partial charge on any atom is 0.498 e. The van der Waals surface area contributed by atoms with Crippen LogP contribution in [0.15, 0.2) is 18.2 Å². The SMILES string of the molecule is CC1(C)OB(c2cc(F)ccc2OCC(F)F)OC1(C)C. The maximum absolute atomic E-state index is 13.5. The second-order valence-corrected chi connectivity index (χ2v) is 5.97. The Morgan fingerprint density at radius 1 is 1.14 bits per heavy atom. The predicted molar refractivity (Wildman–Crippen MR) is 73.6 cm³/mol. The molecule has 0 amide bonds.